The van der Waals surface area contributed by atoms with Crippen molar-refractivity contribution >= 4 is 17.5 Å². The lowest BCUT2D eigenvalue weighted by atomic mass is 9.96. The van der Waals surface area contributed by atoms with E-state index in [0.717, 1.165) is 28.0 Å². The molecule has 4 aromatic rings. The molecule has 0 bridgehead atoms. The molecule has 7 heteroatoms. The number of nitrogens with zero attached hydrogens (tertiary/aromatic N) is 2. The molecule has 1 aliphatic heterocycles. The summed E-state index contributed by atoms with van der Waals surface area (Å²) >= 11 is 6.12. The number of aromatic nitrogens is 2. The number of methoxy groups -OCH3 is 1. The summed E-state index contributed by atoms with van der Waals surface area (Å²) < 4.78 is 18.7. The van der Waals surface area contributed by atoms with E-state index in [9.17, 15) is 9.18 Å². The fourth-order valence-electron chi connectivity index (χ4n) is 4.11. The van der Waals surface area contributed by atoms with Crippen molar-refractivity contribution in [1.82, 2.24) is 15.1 Å². The Kier molecular flexibility index (Phi) is 5.15. The molecule has 0 saturated carbocycles. The molecule has 5 rings (SSSR count). The van der Waals surface area contributed by atoms with Gasteiger partial charge in [-0.3, -0.25) is 9.89 Å². The zero-order chi connectivity index (χ0) is 22.2. The van der Waals surface area contributed by atoms with Gasteiger partial charge >= 0.3 is 0 Å². The topological polar surface area (TPSA) is 58.2 Å². The monoisotopic (exact) mass is 447 g/mol. The molecule has 0 radical (unpaired) electrons. The molecule has 5 nitrogen and oxygen atoms in total. The third kappa shape index (κ3) is 3.52. The minimum atomic E-state index is -0.365. The maximum atomic E-state index is 13.4. The molecule has 0 aliphatic carbocycles. The second-order valence-electron chi connectivity index (χ2n) is 7.60. The van der Waals surface area contributed by atoms with Crippen molar-refractivity contribution in [1.29, 1.82) is 0 Å². The van der Waals surface area contributed by atoms with Crippen LogP contribution in [-0.2, 0) is 6.54 Å². The lowest BCUT2D eigenvalue weighted by Crippen LogP contribution is -2.29. The Morgan fingerprint density at radius 1 is 1.03 bits per heavy atom. The highest BCUT2D eigenvalue weighted by molar-refractivity contribution is 6.30. The van der Waals surface area contributed by atoms with Crippen LogP contribution in [-0.4, -0.2) is 28.1 Å². The summed E-state index contributed by atoms with van der Waals surface area (Å²) in [5.74, 6) is 0.271. The van der Waals surface area contributed by atoms with Crippen molar-refractivity contribution in [3.63, 3.8) is 0 Å². The highest BCUT2D eigenvalue weighted by atomic mass is 35.5. The molecule has 32 heavy (non-hydrogen) atoms. The molecule has 1 atom stereocenters. The van der Waals surface area contributed by atoms with E-state index >= 15 is 0 Å². The van der Waals surface area contributed by atoms with Gasteiger partial charge in [-0.1, -0.05) is 35.9 Å². The standard InChI is InChI=1S/C25H19ClFN3O2/c1-32-20-12-6-16(7-13-20)22-21-23(29-28-22)25(31)30(14-15-2-10-19(27)11-3-15)24(21)17-4-8-18(26)9-5-17/h2-13,24H,14H2,1H3,(H,28,29). The van der Waals surface area contributed by atoms with Crippen LogP contribution in [0.2, 0.25) is 5.02 Å². The number of hydrogen-bond donors (Lipinski definition) is 1. The molecule has 1 N–H and O–H groups in total. The van der Waals surface area contributed by atoms with E-state index in [1.54, 1.807) is 24.1 Å². The summed E-state index contributed by atoms with van der Waals surface area (Å²) in [4.78, 5) is 15.2. The van der Waals surface area contributed by atoms with Crippen LogP contribution in [0.25, 0.3) is 11.3 Å². The number of aromatic amines is 1. The molecule has 1 amide bonds. The van der Waals surface area contributed by atoms with Gasteiger partial charge in [-0.25, -0.2) is 4.39 Å². The zero-order valence-electron chi connectivity index (χ0n) is 17.2. The number of benzene rings is 3. The summed E-state index contributed by atoms with van der Waals surface area (Å²) in [6.07, 6.45) is 0. The Hall–Kier alpha value is -3.64. The number of halogens is 2. The normalized spacial score (nSPS) is 15.2. The molecular weight excluding hydrogens is 429 g/mol. The van der Waals surface area contributed by atoms with Crippen molar-refractivity contribution in [3.05, 3.63) is 106 Å². The van der Waals surface area contributed by atoms with Crippen LogP contribution in [0.5, 0.6) is 5.75 Å². The smallest absolute Gasteiger partial charge is 0.273 e. The molecule has 0 spiro atoms. The van der Waals surface area contributed by atoms with Gasteiger partial charge in [0, 0.05) is 22.7 Å². The molecule has 1 aromatic heterocycles. The van der Waals surface area contributed by atoms with E-state index in [1.807, 2.05) is 48.5 Å². The second kappa shape index (κ2) is 8.13. The predicted octanol–water partition coefficient (Wildman–Crippen LogP) is 5.62. The minimum absolute atomic E-state index is 0.156. The number of carbonyl (C=O) groups is 1. The first-order valence-electron chi connectivity index (χ1n) is 10.1. The van der Waals surface area contributed by atoms with Gasteiger partial charge in [0.05, 0.1) is 18.8 Å². The number of carbonyl (C=O) groups excluding carboxylic acids is 1. The van der Waals surface area contributed by atoms with E-state index in [0.29, 0.717) is 23.0 Å². The van der Waals surface area contributed by atoms with Crippen LogP contribution in [0.1, 0.15) is 33.2 Å². The highest BCUT2D eigenvalue weighted by Crippen LogP contribution is 2.43. The summed E-state index contributed by atoms with van der Waals surface area (Å²) in [7, 11) is 1.61. The van der Waals surface area contributed by atoms with E-state index < -0.39 is 0 Å². The van der Waals surface area contributed by atoms with Crippen LogP contribution in [0.3, 0.4) is 0 Å². The van der Waals surface area contributed by atoms with Gasteiger partial charge in [0.2, 0.25) is 0 Å². The zero-order valence-corrected chi connectivity index (χ0v) is 17.9. The molecule has 160 valence electrons. The van der Waals surface area contributed by atoms with Gasteiger partial charge in [0.15, 0.2) is 0 Å². The maximum absolute atomic E-state index is 13.4. The number of rotatable bonds is 5. The number of nitrogens with one attached hydrogen (secondary N) is 1. The number of amides is 1. The van der Waals surface area contributed by atoms with Crippen LogP contribution in [0.4, 0.5) is 4.39 Å². The number of hydrogen-bond acceptors (Lipinski definition) is 3. The first kappa shape index (κ1) is 20.3. The van der Waals surface area contributed by atoms with Crippen LogP contribution in [0.15, 0.2) is 72.8 Å². The van der Waals surface area contributed by atoms with Crippen LogP contribution >= 0.6 is 11.6 Å². The average molecular weight is 448 g/mol. The Morgan fingerprint density at radius 3 is 2.38 bits per heavy atom. The third-order valence-electron chi connectivity index (χ3n) is 5.68. The van der Waals surface area contributed by atoms with Gasteiger partial charge in [-0.05, 0) is 59.7 Å². The Morgan fingerprint density at radius 2 is 1.72 bits per heavy atom. The largest absolute Gasteiger partial charge is 0.497 e. The van der Waals surface area contributed by atoms with Crippen LogP contribution < -0.4 is 4.74 Å². The molecule has 3 aromatic carbocycles. The lowest BCUT2D eigenvalue weighted by molar-refractivity contribution is 0.0730. The predicted molar refractivity (Wildman–Crippen MR) is 120 cm³/mol. The van der Waals surface area contributed by atoms with Crippen molar-refractivity contribution < 1.29 is 13.9 Å². The van der Waals surface area contributed by atoms with Gasteiger partial charge in [-0.15, -0.1) is 0 Å². The molecule has 0 saturated heterocycles. The van der Waals surface area contributed by atoms with E-state index in [2.05, 4.69) is 10.2 Å². The SMILES string of the molecule is COc1ccc(-c2n[nH]c3c2C(c2ccc(Cl)cc2)N(Cc2ccc(F)cc2)C3=O)cc1. The number of fused-ring (bicyclic) bond motifs is 1. The minimum Gasteiger partial charge on any atom is -0.497 e. The Balaban J connectivity index is 1.61. The Labute approximate surface area is 189 Å². The van der Waals surface area contributed by atoms with E-state index in [-0.39, 0.29) is 17.8 Å². The average Bonchev–Trinajstić information content (AvgIpc) is 3.35. The van der Waals surface area contributed by atoms with Gasteiger partial charge < -0.3 is 9.64 Å². The number of H-pyrrole nitrogens is 1. The molecule has 1 aliphatic rings. The first-order chi connectivity index (χ1) is 15.5. The summed E-state index contributed by atoms with van der Waals surface area (Å²) in [5.41, 5.74) is 4.60. The first-order valence-corrected chi connectivity index (χ1v) is 10.5. The second-order valence-corrected chi connectivity index (χ2v) is 8.04. The van der Waals surface area contributed by atoms with Gasteiger partial charge in [-0.2, -0.15) is 5.10 Å². The fourth-order valence-corrected chi connectivity index (χ4v) is 4.23. The molecule has 1 unspecified atom stereocenters. The van der Waals surface area contributed by atoms with Gasteiger partial charge in [0.1, 0.15) is 17.3 Å². The van der Waals surface area contributed by atoms with Crippen molar-refractivity contribution in [2.75, 3.05) is 7.11 Å². The molecular formula is C25H19ClFN3O2. The van der Waals surface area contributed by atoms with Gasteiger partial charge in [0.25, 0.3) is 5.91 Å². The third-order valence-corrected chi connectivity index (χ3v) is 5.93. The van der Waals surface area contributed by atoms with Crippen molar-refractivity contribution in [3.8, 4) is 17.0 Å². The van der Waals surface area contributed by atoms with E-state index in [1.165, 1.54) is 12.1 Å². The van der Waals surface area contributed by atoms with Crippen molar-refractivity contribution in [2.24, 2.45) is 0 Å². The quantitative estimate of drug-likeness (QED) is 0.431. The molecule has 2 heterocycles. The Bertz CT molecular complexity index is 1270. The van der Waals surface area contributed by atoms with E-state index in [4.69, 9.17) is 16.3 Å². The maximum Gasteiger partial charge on any atom is 0.273 e. The van der Waals surface area contributed by atoms with Crippen molar-refractivity contribution in [2.45, 2.75) is 12.6 Å². The summed E-state index contributed by atoms with van der Waals surface area (Å²) in [5, 5.41) is 8.03. The summed E-state index contributed by atoms with van der Waals surface area (Å²) in [6.45, 7) is 0.330. The fraction of sp³-hybridized carbons (Fsp3) is 0.120. The lowest BCUT2D eigenvalue weighted by Gasteiger charge is -2.26. The summed E-state index contributed by atoms with van der Waals surface area (Å²) in [6, 6.07) is 20.8. The number of ether oxygens (including phenoxy) is 1. The highest BCUT2D eigenvalue weighted by Gasteiger charge is 2.42. The molecule has 0 fully saturated rings. The van der Waals surface area contributed by atoms with Crippen LogP contribution in [0, 0.1) is 5.82 Å².